The molecule has 2 aromatic carbocycles. The normalized spacial score (nSPS) is 26.6. The van der Waals surface area contributed by atoms with E-state index < -0.39 is 0 Å². The van der Waals surface area contributed by atoms with Crippen LogP contribution in [0.25, 0.3) is 0 Å². The maximum absolute atomic E-state index is 11.4. The zero-order valence-corrected chi connectivity index (χ0v) is 17.7. The van der Waals surface area contributed by atoms with Crippen LogP contribution in [0.3, 0.4) is 0 Å². The molecule has 158 valence electrons. The van der Waals surface area contributed by atoms with E-state index in [-0.39, 0.29) is 12.0 Å². The van der Waals surface area contributed by atoms with Gasteiger partial charge in [0.05, 0.1) is 6.04 Å². The van der Waals surface area contributed by atoms with E-state index in [9.17, 15) is 4.79 Å². The van der Waals surface area contributed by atoms with E-state index in [0.29, 0.717) is 12.1 Å². The highest BCUT2D eigenvalue weighted by molar-refractivity contribution is 5.88. The van der Waals surface area contributed by atoms with E-state index in [1.54, 1.807) is 0 Å². The van der Waals surface area contributed by atoms with E-state index >= 15 is 0 Å². The lowest BCUT2D eigenvalue weighted by Crippen LogP contribution is -2.41. The number of carbonyl (C=O) groups excluding carboxylic acids is 1. The summed E-state index contributed by atoms with van der Waals surface area (Å²) >= 11 is 0. The van der Waals surface area contributed by atoms with Crippen LogP contribution in [0.5, 0.6) is 5.75 Å². The number of hydrogen-bond donors (Lipinski definition) is 1. The molecule has 1 aliphatic carbocycles. The van der Waals surface area contributed by atoms with Crippen molar-refractivity contribution in [1.82, 2.24) is 9.80 Å². The minimum atomic E-state index is -0.0683. The Morgan fingerprint density at radius 3 is 2.70 bits per heavy atom. The van der Waals surface area contributed by atoms with Gasteiger partial charge in [0.2, 0.25) is 5.91 Å². The van der Waals surface area contributed by atoms with E-state index in [0.717, 1.165) is 30.9 Å². The summed E-state index contributed by atoms with van der Waals surface area (Å²) in [5.74, 6) is 0.740. The van der Waals surface area contributed by atoms with Gasteiger partial charge in [0.25, 0.3) is 0 Å². The monoisotopic (exact) mass is 405 g/mol. The van der Waals surface area contributed by atoms with Crippen LogP contribution >= 0.6 is 0 Å². The van der Waals surface area contributed by atoms with Gasteiger partial charge < -0.3 is 10.1 Å². The molecule has 5 heteroatoms. The van der Waals surface area contributed by atoms with Crippen LogP contribution in [0.15, 0.2) is 48.5 Å². The largest absolute Gasteiger partial charge is 0.484 e. The van der Waals surface area contributed by atoms with Crippen molar-refractivity contribution in [1.29, 1.82) is 0 Å². The van der Waals surface area contributed by atoms with Crippen molar-refractivity contribution in [3.8, 4) is 5.75 Å². The summed E-state index contributed by atoms with van der Waals surface area (Å²) in [4.78, 5) is 16.8. The summed E-state index contributed by atoms with van der Waals surface area (Å²) in [6.45, 7) is 6.34. The van der Waals surface area contributed by atoms with E-state index in [1.165, 1.54) is 50.4 Å². The number of hydrogen-bond acceptors (Lipinski definition) is 4. The Balaban J connectivity index is 1.36. The summed E-state index contributed by atoms with van der Waals surface area (Å²) in [6.07, 6.45) is 5.02. The topological polar surface area (TPSA) is 44.8 Å². The lowest BCUT2D eigenvalue weighted by molar-refractivity contribution is -0.114. The SMILES string of the molecule is CC(=O)Nc1cccc(OC2c3ccccc3CC2N2CC[C@@H](N3CCCC3)C2)c1. The van der Waals surface area contributed by atoms with Gasteiger partial charge in [-0.15, -0.1) is 0 Å². The molecule has 0 saturated carbocycles. The Morgan fingerprint density at radius 1 is 1.03 bits per heavy atom. The maximum atomic E-state index is 11.4. The molecule has 2 saturated heterocycles. The first kappa shape index (κ1) is 19.6. The third-order valence-corrected chi connectivity index (χ3v) is 6.88. The number of amides is 1. The van der Waals surface area contributed by atoms with E-state index in [4.69, 9.17) is 4.74 Å². The molecule has 2 aromatic rings. The third kappa shape index (κ3) is 3.96. The van der Waals surface area contributed by atoms with Gasteiger partial charge in [-0.1, -0.05) is 30.3 Å². The third-order valence-electron chi connectivity index (χ3n) is 6.88. The smallest absolute Gasteiger partial charge is 0.221 e. The number of fused-ring (bicyclic) bond motifs is 1. The summed E-state index contributed by atoms with van der Waals surface area (Å²) < 4.78 is 6.60. The fraction of sp³-hybridized carbons (Fsp3) is 0.480. The van der Waals surface area contributed by atoms with Gasteiger partial charge in [-0.05, 0) is 62.0 Å². The molecule has 3 atom stereocenters. The van der Waals surface area contributed by atoms with Crippen molar-refractivity contribution in [2.24, 2.45) is 0 Å². The number of likely N-dealkylation sites (tertiary alicyclic amines) is 2. The van der Waals surface area contributed by atoms with Crippen LogP contribution < -0.4 is 10.1 Å². The van der Waals surface area contributed by atoms with Crippen LogP contribution in [-0.2, 0) is 11.2 Å². The van der Waals surface area contributed by atoms with Gasteiger partial charge in [-0.2, -0.15) is 0 Å². The molecule has 2 heterocycles. The highest BCUT2D eigenvalue weighted by atomic mass is 16.5. The maximum Gasteiger partial charge on any atom is 0.221 e. The number of rotatable bonds is 5. The molecule has 3 aliphatic rings. The zero-order chi connectivity index (χ0) is 20.5. The predicted octanol–water partition coefficient (Wildman–Crippen LogP) is 3.86. The highest BCUT2D eigenvalue weighted by Crippen LogP contribution is 2.40. The van der Waals surface area contributed by atoms with Gasteiger partial charge in [0, 0.05) is 37.8 Å². The van der Waals surface area contributed by atoms with E-state index in [2.05, 4.69) is 39.4 Å². The summed E-state index contributed by atoms with van der Waals surface area (Å²) in [7, 11) is 0. The Bertz CT molecular complexity index is 909. The summed E-state index contributed by atoms with van der Waals surface area (Å²) in [5, 5.41) is 2.86. The fourth-order valence-corrected chi connectivity index (χ4v) is 5.47. The Labute approximate surface area is 179 Å². The molecule has 5 rings (SSSR count). The second-order valence-corrected chi connectivity index (χ2v) is 8.90. The van der Waals surface area contributed by atoms with Crippen LogP contribution in [-0.4, -0.2) is 54.0 Å². The highest BCUT2D eigenvalue weighted by Gasteiger charge is 2.41. The molecule has 0 spiro atoms. The first-order valence-corrected chi connectivity index (χ1v) is 11.3. The van der Waals surface area contributed by atoms with Crippen LogP contribution in [0.4, 0.5) is 5.69 Å². The predicted molar refractivity (Wildman–Crippen MR) is 119 cm³/mol. The average molecular weight is 406 g/mol. The minimum Gasteiger partial charge on any atom is -0.484 e. The molecule has 2 fully saturated rings. The Kier molecular flexibility index (Phi) is 5.48. The standard InChI is InChI=1S/C25H31N3O2/c1-18(29)26-20-8-6-9-22(16-20)30-25-23-10-3-2-7-19(23)15-24(25)28-14-11-21(17-28)27-12-4-5-13-27/h2-3,6-10,16,21,24-25H,4-5,11-15,17H2,1H3,(H,26,29)/t21-,24?,25?/m1/s1. The molecule has 2 aliphatic heterocycles. The summed E-state index contributed by atoms with van der Waals surface area (Å²) in [5.41, 5.74) is 3.48. The van der Waals surface area contributed by atoms with Crippen LogP contribution in [0.1, 0.15) is 43.4 Å². The molecular formula is C25H31N3O2. The number of anilines is 1. The van der Waals surface area contributed by atoms with Crippen LogP contribution in [0.2, 0.25) is 0 Å². The first-order chi connectivity index (χ1) is 14.7. The number of benzene rings is 2. The fourth-order valence-electron chi connectivity index (χ4n) is 5.47. The van der Waals surface area contributed by atoms with Gasteiger partial charge in [0.15, 0.2) is 0 Å². The van der Waals surface area contributed by atoms with E-state index in [1.807, 2.05) is 24.3 Å². The van der Waals surface area contributed by atoms with Crippen molar-refractivity contribution < 1.29 is 9.53 Å². The van der Waals surface area contributed by atoms with Gasteiger partial charge in [-0.3, -0.25) is 14.6 Å². The lowest BCUT2D eigenvalue weighted by atomic mass is 10.1. The molecule has 0 radical (unpaired) electrons. The zero-order valence-electron chi connectivity index (χ0n) is 17.7. The number of carbonyl (C=O) groups is 1. The molecule has 1 N–H and O–H groups in total. The molecule has 5 nitrogen and oxygen atoms in total. The number of nitrogens with one attached hydrogen (secondary N) is 1. The molecule has 0 bridgehead atoms. The molecule has 1 amide bonds. The second-order valence-electron chi connectivity index (χ2n) is 8.90. The quantitative estimate of drug-likeness (QED) is 0.821. The van der Waals surface area contributed by atoms with Crippen molar-refractivity contribution in [2.45, 2.75) is 50.8 Å². The molecule has 30 heavy (non-hydrogen) atoms. The van der Waals surface area contributed by atoms with Crippen molar-refractivity contribution in [3.63, 3.8) is 0 Å². The van der Waals surface area contributed by atoms with Crippen molar-refractivity contribution in [3.05, 3.63) is 59.7 Å². The minimum absolute atomic E-state index is 0.0195. The second kappa shape index (κ2) is 8.40. The Hall–Kier alpha value is -2.37. The van der Waals surface area contributed by atoms with Gasteiger partial charge in [-0.25, -0.2) is 0 Å². The summed E-state index contributed by atoms with van der Waals surface area (Å²) in [6, 6.07) is 17.5. The van der Waals surface area contributed by atoms with Gasteiger partial charge in [0.1, 0.15) is 11.9 Å². The molecule has 2 unspecified atom stereocenters. The van der Waals surface area contributed by atoms with Gasteiger partial charge >= 0.3 is 0 Å². The first-order valence-electron chi connectivity index (χ1n) is 11.3. The molecule has 0 aromatic heterocycles. The van der Waals surface area contributed by atoms with Crippen molar-refractivity contribution >= 4 is 11.6 Å². The lowest BCUT2D eigenvalue weighted by Gasteiger charge is -2.31. The number of ether oxygens (including phenoxy) is 1. The Morgan fingerprint density at radius 2 is 1.87 bits per heavy atom. The van der Waals surface area contributed by atoms with Crippen molar-refractivity contribution in [2.75, 3.05) is 31.5 Å². The van der Waals surface area contributed by atoms with Crippen LogP contribution in [0, 0.1) is 0 Å². The number of nitrogens with zero attached hydrogens (tertiary/aromatic N) is 2. The molecular weight excluding hydrogens is 374 g/mol. The average Bonchev–Trinajstić information content (AvgIpc) is 3.48.